The molecule has 0 aliphatic carbocycles. The van der Waals surface area contributed by atoms with E-state index in [0.29, 0.717) is 29.4 Å². The third-order valence-corrected chi connectivity index (χ3v) is 6.14. The Labute approximate surface area is 193 Å². The highest BCUT2D eigenvalue weighted by Gasteiger charge is 2.20. The number of anilines is 1. The van der Waals surface area contributed by atoms with E-state index in [4.69, 9.17) is 16.3 Å². The molecule has 3 aromatic rings. The number of aryl methyl sites for hydroxylation is 1. The van der Waals surface area contributed by atoms with E-state index >= 15 is 0 Å². The second-order valence-corrected chi connectivity index (χ2v) is 9.66. The Hall–Kier alpha value is -3.03. The first-order chi connectivity index (χ1) is 15.2. The van der Waals surface area contributed by atoms with Crippen molar-refractivity contribution in [1.29, 1.82) is 0 Å². The summed E-state index contributed by atoms with van der Waals surface area (Å²) in [6.07, 6.45) is 1.16. The normalized spacial score (nSPS) is 11.1. The number of benzene rings is 3. The summed E-state index contributed by atoms with van der Waals surface area (Å²) in [6, 6.07) is 21.4. The first kappa shape index (κ1) is 23.6. The largest absolute Gasteiger partial charge is 0.492 e. The zero-order chi connectivity index (χ0) is 23.1. The van der Waals surface area contributed by atoms with Gasteiger partial charge < -0.3 is 10.1 Å². The van der Waals surface area contributed by atoms with Gasteiger partial charge in [0.25, 0.3) is 5.91 Å². The van der Waals surface area contributed by atoms with Gasteiger partial charge >= 0.3 is 0 Å². The lowest BCUT2D eigenvalue weighted by Crippen LogP contribution is -2.30. The van der Waals surface area contributed by atoms with Crippen molar-refractivity contribution in [2.45, 2.75) is 13.5 Å². The maximum absolute atomic E-state index is 12.4. The SMILES string of the molecule is Cc1ccc(Cl)cc1N(Cc1ccc(C(=O)NCCOc2ccccc2)cc1)S(C)(=O)=O. The van der Waals surface area contributed by atoms with Gasteiger partial charge in [0, 0.05) is 10.6 Å². The van der Waals surface area contributed by atoms with Crippen LogP contribution in [0.1, 0.15) is 21.5 Å². The second kappa shape index (κ2) is 10.5. The van der Waals surface area contributed by atoms with Crippen LogP contribution in [0.3, 0.4) is 0 Å². The van der Waals surface area contributed by atoms with Gasteiger partial charge in [-0.15, -0.1) is 0 Å². The summed E-state index contributed by atoms with van der Waals surface area (Å²) in [5, 5.41) is 3.27. The molecule has 1 N–H and O–H groups in total. The molecule has 0 fully saturated rings. The van der Waals surface area contributed by atoms with Gasteiger partial charge in [0.1, 0.15) is 12.4 Å². The molecule has 0 radical (unpaired) electrons. The van der Waals surface area contributed by atoms with E-state index in [2.05, 4.69) is 5.32 Å². The standard InChI is InChI=1S/C24H25ClN2O4S/c1-18-8-13-21(25)16-23(18)27(32(2,29)30)17-19-9-11-20(12-10-19)24(28)26-14-15-31-22-6-4-3-5-7-22/h3-13,16H,14-15,17H2,1-2H3,(H,26,28). The van der Waals surface area contributed by atoms with E-state index in [1.54, 1.807) is 42.5 Å². The number of halogens is 1. The number of nitrogens with zero attached hydrogens (tertiary/aromatic N) is 1. The smallest absolute Gasteiger partial charge is 0.251 e. The average molecular weight is 473 g/mol. The molecule has 0 aromatic heterocycles. The maximum Gasteiger partial charge on any atom is 0.251 e. The van der Waals surface area contributed by atoms with Gasteiger partial charge in [-0.1, -0.05) is 48.0 Å². The van der Waals surface area contributed by atoms with Crippen LogP contribution in [-0.4, -0.2) is 33.7 Å². The predicted molar refractivity (Wildman–Crippen MR) is 128 cm³/mol. The fraction of sp³-hybridized carbons (Fsp3) is 0.208. The van der Waals surface area contributed by atoms with Gasteiger partial charge in [0.05, 0.1) is 25.0 Å². The number of rotatable bonds is 9. The van der Waals surface area contributed by atoms with Gasteiger partial charge in [-0.25, -0.2) is 8.42 Å². The van der Waals surface area contributed by atoms with Crippen molar-refractivity contribution in [3.8, 4) is 5.75 Å². The zero-order valence-electron chi connectivity index (χ0n) is 17.9. The molecule has 0 aliphatic rings. The number of sulfonamides is 1. The highest BCUT2D eigenvalue weighted by Crippen LogP contribution is 2.28. The Morgan fingerprint density at radius 3 is 2.38 bits per heavy atom. The van der Waals surface area contributed by atoms with Crippen LogP contribution < -0.4 is 14.4 Å². The van der Waals surface area contributed by atoms with Crippen LogP contribution in [-0.2, 0) is 16.6 Å². The van der Waals surface area contributed by atoms with Gasteiger partial charge in [-0.05, 0) is 54.4 Å². The quantitative estimate of drug-likeness (QED) is 0.467. The van der Waals surface area contributed by atoms with Gasteiger partial charge in [0.2, 0.25) is 10.0 Å². The van der Waals surface area contributed by atoms with Crippen LogP contribution in [0.15, 0.2) is 72.8 Å². The van der Waals surface area contributed by atoms with Crippen molar-refractivity contribution >= 4 is 33.2 Å². The van der Waals surface area contributed by atoms with E-state index in [1.165, 1.54) is 4.31 Å². The molecule has 0 saturated carbocycles. The molecule has 0 spiro atoms. The van der Waals surface area contributed by atoms with E-state index in [0.717, 1.165) is 23.1 Å². The predicted octanol–water partition coefficient (Wildman–Crippen LogP) is 4.42. The molecule has 8 heteroatoms. The summed E-state index contributed by atoms with van der Waals surface area (Å²) >= 11 is 6.08. The summed E-state index contributed by atoms with van der Waals surface area (Å²) < 4.78 is 31.7. The number of carbonyl (C=O) groups excluding carboxylic acids is 1. The van der Waals surface area contributed by atoms with Crippen molar-refractivity contribution < 1.29 is 17.9 Å². The average Bonchev–Trinajstić information content (AvgIpc) is 2.77. The third kappa shape index (κ3) is 6.48. The Morgan fingerprint density at radius 1 is 1.03 bits per heavy atom. The highest BCUT2D eigenvalue weighted by atomic mass is 35.5. The van der Waals surface area contributed by atoms with Gasteiger partial charge in [-0.3, -0.25) is 9.10 Å². The van der Waals surface area contributed by atoms with Gasteiger partial charge in [0.15, 0.2) is 0 Å². The minimum Gasteiger partial charge on any atom is -0.492 e. The highest BCUT2D eigenvalue weighted by molar-refractivity contribution is 7.92. The summed E-state index contributed by atoms with van der Waals surface area (Å²) in [7, 11) is -3.54. The van der Waals surface area contributed by atoms with E-state index in [-0.39, 0.29) is 12.5 Å². The van der Waals surface area contributed by atoms with Crippen LogP contribution in [0.25, 0.3) is 0 Å². The molecule has 0 saturated heterocycles. The fourth-order valence-electron chi connectivity index (χ4n) is 3.11. The molecule has 168 valence electrons. The fourth-order valence-corrected chi connectivity index (χ4v) is 4.22. The number of hydrogen-bond acceptors (Lipinski definition) is 4. The Kier molecular flexibility index (Phi) is 7.77. The van der Waals surface area contributed by atoms with E-state index < -0.39 is 10.0 Å². The monoisotopic (exact) mass is 472 g/mol. The molecule has 3 aromatic carbocycles. The molecule has 0 unspecified atom stereocenters. The molecular weight excluding hydrogens is 448 g/mol. The molecule has 0 aliphatic heterocycles. The molecular formula is C24H25ClN2O4S. The topological polar surface area (TPSA) is 75.7 Å². The first-order valence-electron chi connectivity index (χ1n) is 10.0. The summed E-state index contributed by atoms with van der Waals surface area (Å²) in [5.41, 5.74) is 2.56. The maximum atomic E-state index is 12.4. The molecule has 0 atom stereocenters. The number of nitrogens with one attached hydrogen (secondary N) is 1. The van der Waals surface area contributed by atoms with Crippen molar-refractivity contribution in [1.82, 2.24) is 5.32 Å². The molecule has 1 amide bonds. The zero-order valence-corrected chi connectivity index (χ0v) is 19.5. The Bertz CT molecular complexity index is 1170. The number of para-hydroxylation sites is 1. The van der Waals surface area contributed by atoms with Crippen molar-refractivity contribution in [3.63, 3.8) is 0 Å². The molecule has 0 bridgehead atoms. The Morgan fingerprint density at radius 2 is 1.72 bits per heavy atom. The van der Waals surface area contributed by atoms with Crippen LogP contribution >= 0.6 is 11.6 Å². The third-order valence-electron chi connectivity index (χ3n) is 4.78. The minimum absolute atomic E-state index is 0.132. The summed E-state index contributed by atoms with van der Waals surface area (Å²) in [6.45, 7) is 2.69. The van der Waals surface area contributed by atoms with Crippen LogP contribution in [0, 0.1) is 6.92 Å². The van der Waals surface area contributed by atoms with Crippen LogP contribution in [0.4, 0.5) is 5.69 Å². The number of ether oxygens (including phenoxy) is 1. The molecule has 32 heavy (non-hydrogen) atoms. The van der Waals surface area contributed by atoms with Crippen LogP contribution in [0.5, 0.6) is 5.75 Å². The summed E-state index contributed by atoms with van der Waals surface area (Å²) in [4.78, 5) is 12.4. The first-order valence-corrected chi connectivity index (χ1v) is 12.3. The summed E-state index contributed by atoms with van der Waals surface area (Å²) in [5.74, 6) is 0.523. The van der Waals surface area contributed by atoms with Crippen molar-refractivity contribution in [3.05, 3.63) is 94.5 Å². The lowest BCUT2D eigenvalue weighted by atomic mass is 10.1. The second-order valence-electron chi connectivity index (χ2n) is 7.31. The molecule has 0 heterocycles. The number of hydrogen-bond donors (Lipinski definition) is 1. The van der Waals surface area contributed by atoms with Crippen LogP contribution in [0.2, 0.25) is 5.02 Å². The molecule has 3 rings (SSSR count). The lowest BCUT2D eigenvalue weighted by molar-refractivity contribution is 0.0947. The lowest BCUT2D eigenvalue weighted by Gasteiger charge is -2.24. The molecule has 6 nitrogen and oxygen atoms in total. The minimum atomic E-state index is -3.54. The van der Waals surface area contributed by atoms with E-state index in [9.17, 15) is 13.2 Å². The van der Waals surface area contributed by atoms with Gasteiger partial charge in [-0.2, -0.15) is 0 Å². The number of amides is 1. The Balaban J connectivity index is 1.62. The van der Waals surface area contributed by atoms with Crippen molar-refractivity contribution in [2.75, 3.05) is 23.7 Å². The van der Waals surface area contributed by atoms with Crippen molar-refractivity contribution in [2.24, 2.45) is 0 Å². The number of carbonyl (C=O) groups is 1. The van der Waals surface area contributed by atoms with E-state index in [1.807, 2.05) is 37.3 Å².